The van der Waals surface area contributed by atoms with Crippen LogP contribution in [0, 0.1) is 6.92 Å². The number of sulfone groups is 1. The first kappa shape index (κ1) is 14.2. The van der Waals surface area contributed by atoms with Gasteiger partial charge in [-0.2, -0.15) is 0 Å². The summed E-state index contributed by atoms with van der Waals surface area (Å²) in [6, 6.07) is 11.8. The number of rotatable bonds is 3. The van der Waals surface area contributed by atoms with Gasteiger partial charge in [0.25, 0.3) is 0 Å². The maximum Gasteiger partial charge on any atom is 0.151 e. The van der Waals surface area contributed by atoms with E-state index in [1.807, 2.05) is 36.6 Å². The topological polar surface area (TPSA) is 47.0 Å². The second-order valence-electron chi connectivity index (χ2n) is 5.22. The number of benzene rings is 1. The monoisotopic (exact) mass is 317 g/mol. The van der Waals surface area contributed by atoms with E-state index in [4.69, 9.17) is 0 Å². The standard InChI is InChI=1S/C16H15NO2S2/c1-11-8-15(16-4-3-7-20-16)17-14-6-5-12(9-13(11)14)10-21(2,18)19/h3-9H,10H2,1-2H3. The molecule has 5 heteroatoms. The molecule has 3 nitrogen and oxygen atoms in total. The second kappa shape index (κ2) is 5.24. The van der Waals surface area contributed by atoms with Gasteiger partial charge in [0.05, 0.1) is 21.8 Å². The van der Waals surface area contributed by atoms with Crippen LogP contribution < -0.4 is 0 Å². The Morgan fingerprint density at radius 1 is 1.19 bits per heavy atom. The molecule has 0 saturated heterocycles. The molecule has 0 spiro atoms. The van der Waals surface area contributed by atoms with Gasteiger partial charge in [-0.05, 0) is 47.7 Å². The largest absolute Gasteiger partial charge is 0.247 e. The molecule has 3 rings (SSSR count). The van der Waals surface area contributed by atoms with Gasteiger partial charge in [0.2, 0.25) is 0 Å². The van der Waals surface area contributed by atoms with Crippen LogP contribution in [0.3, 0.4) is 0 Å². The van der Waals surface area contributed by atoms with Crippen molar-refractivity contribution in [3.05, 3.63) is 52.9 Å². The lowest BCUT2D eigenvalue weighted by Gasteiger charge is -2.07. The van der Waals surface area contributed by atoms with Crippen LogP contribution in [0.25, 0.3) is 21.5 Å². The van der Waals surface area contributed by atoms with Crippen LogP contribution in [-0.2, 0) is 15.6 Å². The predicted molar refractivity (Wildman–Crippen MR) is 88.3 cm³/mol. The van der Waals surface area contributed by atoms with Crippen LogP contribution in [0.5, 0.6) is 0 Å². The molecule has 108 valence electrons. The smallest absolute Gasteiger partial charge is 0.151 e. The van der Waals surface area contributed by atoms with Crippen LogP contribution in [0.2, 0.25) is 0 Å². The molecule has 1 aromatic carbocycles. The SMILES string of the molecule is Cc1cc(-c2cccs2)nc2ccc(CS(C)(=O)=O)cc12. The predicted octanol–water partition coefficient (Wildman–Crippen LogP) is 3.82. The number of fused-ring (bicyclic) bond motifs is 1. The van der Waals surface area contributed by atoms with Crippen molar-refractivity contribution in [2.45, 2.75) is 12.7 Å². The van der Waals surface area contributed by atoms with Gasteiger partial charge in [0.15, 0.2) is 9.84 Å². The highest BCUT2D eigenvalue weighted by atomic mass is 32.2. The normalized spacial score (nSPS) is 11.9. The highest BCUT2D eigenvalue weighted by Gasteiger charge is 2.09. The van der Waals surface area contributed by atoms with Crippen LogP contribution in [-0.4, -0.2) is 19.7 Å². The average Bonchev–Trinajstić information content (AvgIpc) is 2.91. The first-order valence-corrected chi connectivity index (χ1v) is 9.48. The van der Waals surface area contributed by atoms with Crippen LogP contribution >= 0.6 is 11.3 Å². The lowest BCUT2D eigenvalue weighted by atomic mass is 10.1. The average molecular weight is 317 g/mol. The molecule has 3 aromatic rings. The zero-order chi connectivity index (χ0) is 15.0. The molecule has 0 atom stereocenters. The first-order chi connectivity index (χ1) is 9.92. The van der Waals surface area contributed by atoms with E-state index in [-0.39, 0.29) is 5.75 Å². The fourth-order valence-electron chi connectivity index (χ4n) is 2.38. The van der Waals surface area contributed by atoms with Gasteiger partial charge in [0.1, 0.15) is 0 Å². The second-order valence-corrected chi connectivity index (χ2v) is 8.31. The van der Waals surface area contributed by atoms with Crippen LogP contribution in [0.4, 0.5) is 0 Å². The van der Waals surface area contributed by atoms with Crippen molar-refractivity contribution in [1.29, 1.82) is 0 Å². The highest BCUT2D eigenvalue weighted by Crippen LogP contribution is 2.28. The number of thiophene rings is 1. The van der Waals surface area contributed by atoms with E-state index in [1.54, 1.807) is 11.3 Å². The number of hydrogen-bond donors (Lipinski definition) is 0. The van der Waals surface area contributed by atoms with Gasteiger partial charge < -0.3 is 0 Å². The summed E-state index contributed by atoms with van der Waals surface area (Å²) in [6.45, 7) is 2.03. The zero-order valence-electron chi connectivity index (χ0n) is 11.8. The van der Waals surface area contributed by atoms with E-state index in [2.05, 4.69) is 17.1 Å². The molecule has 0 fully saturated rings. The molecule has 0 amide bonds. The Bertz CT molecular complexity index is 897. The molecule has 0 bridgehead atoms. The summed E-state index contributed by atoms with van der Waals surface area (Å²) in [7, 11) is -3.02. The number of pyridine rings is 1. The van der Waals surface area contributed by atoms with Crippen molar-refractivity contribution in [1.82, 2.24) is 4.98 Å². The van der Waals surface area contributed by atoms with Gasteiger partial charge in [-0.1, -0.05) is 12.1 Å². The van der Waals surface area contributed by atoms with Gasteiger partial charge in [-0.15, -0.1) is 11.3 Å². The van der Waals surface area contributed by atoms with E-state index < -0.39 is 9.84 Å². The Hall–Kier alpha value is -1.72. The summed E-state index contributed by atoms with van der Waals surface area (Å²) in [4.78, 5) is 5.82. The van der Waals surface area contributed by atoms with Crippen LogP contribution in [0.1, 0.15) is 11.1 Å². The lowest BCUT2D eigenvalue weighted by molar-refractivity contribution is 0.601. The van der Waals surface area contributed by atoms with Crippen molar-refractivity contribution >= 4 is 32.1 Å². The fourth-order valence-corrected chi connectivity index (χ4v) is 3.86. The number of aryl methyl sites for hydroxylation is 1. The Labute approximate surface area is 128 Å². The fraction of sp³-hybridized carbons (Fsp3) is 0.188. The molecule has 0 aliphatic rings. The Kier molecular flexibility index (Phi) is 3.55. The van der Waals surface area contributed by atoms with Crippen molar-refractivity contribution < 1.29 is 8.42 Å². The summed E-state index contributed by atoms with van der Waals surface area (Å²) >= 11 is 1.66. The van der Waals surface area contributed by atoms with E-state index in [1.165, 1.54) is 6.26 Å². The van der Waals surface area contributed by atoms with E-state index in [9.17, 15) is 8.42 Å². The molecular weight excluding hydrogens is 302 g/mol. The summed E-state index contributed by atoms with van der Waals surface area (Å²) in [5.41, 5.74) is 3.78. The van der Waals surface area contributed by atoms with E-state index >= 15 is 0 Å². The molecule has 21 heavy (non-hydrogen) atoms. The molecule has 0 radical (unpaired) electrons. The summed E-state index contributed by atoms with van der Waals surface area (Å²) < 4.78 is 22.8. The Morgan fingerprint density at radius 2 is 2.00 bits per heavy atom. The van der Waals surface area contributed by atoms with E-state index in [0.29, 0.717) is 0 Å². The number of aromatic nitrogens is 1. The van der Waals surface area contributed by atoms with Crippen LogP contribution in [0.15, 0.2) is 41.8 Å². The third-order valence-electron chi connectivity index (χ3n) is 3.28. The minimum atomic E-state index is -3.02. The maximum absolute atomic E-state index is 11.4. The van der Waals surface area contributed by atoms with Gasteiger partial charge in [-0.3, -0.25) is 0 Å². The third-order valence-corrected chi connectivity index (χ3v) is 5.03. The molecule has 0 N–H and O–H groups in total. The molecular formula is C16H15NO2S2. The van der Waals surface area contributed by atoms with E-state index in [0.717, 1.165) is 32.6 Å². The van der Waals surface area contributed by atoms with Crippen molar-refractivity contribution in [3.63, 3.8) is 0 Å². The van der Waals surface area contributed by atoms with Crippen molar-refractivity contribution in [2.24, 2.45) is 0 Å². The minimum absolute atomic E-state index is 0.0645. The quantitative estimate of drug-likeness (QED) is 0.738. The van der Waals surface area contributed by atoms with Crippen molar-refractivity contribution in [2.75, 3.05) is 6.26 Å². The van der Waals surface area contributed by atoms with Gasteiger partial charge in [-0.25, -0.2) is 13.4 Å². The zero-order valence-corrected chi connectivity index (χ0v) is 13.5. The van der Waals surface area contributed by atoms with Gasteiger partial charge in [0, 0.05) is 11.6 Å². The maximum atomic E-state index is 11.4. The summed E-state index contributed by atoms with van der Waals surface area (Å²) in [5, 5.41) is 3.04. The molecule has 0 unspecified atom stereocenters. The molecule has 0 aliphatic carbocycles. The Morgan fingerprint density at radius 3 is 2.67 bits per heavy atom. The Balaban J connectivity index is 2.12. The number of hydrogen-bond acceptors (Lipinski definition) is 4. The highest BCUT2D eigenvalue weighted by molar-refractivity contribution is 7.89. The summed E-state index contributed by atoms with van der Waals surface area (Å²) in [5.74, 6) is 0.0645. The molecule has 0 aliphatic heterocycles. The molecule has 2 heterocycles. The lowest BCUT2D eigenvalue weighted by Crippen LogP contribution is -2.00. The van der Waals surface area contributed by atoms with Crippen molar-refractivity contribution in [3.8, 4) is 10.6 Å². The summed E-state index contributed by atoms with van der Waals surface area (Å²) in [6.07, 6.45) is 1.25. The minimum Gasteiger partial charge on any atom is -0.247 e. The third kappa shape index (κ3) is 3.14. The molecule has 0 saturated carbocycles. The molecule has 2 aromatic heterocycles. The van der Waals surface area contributed by atoms with Gasteiger partial charge >= 0.3 is 0 Å². The number of nitrogens with zero attached hydrogens (tertiary/aromatic N) is 1. The first-order valence-electron chi connectivity index (χ1n) is 6.54.